The van der Waals surface area contributed by atoms with Gasteiger partial charge in [-0.15, -0.1) is 0 Å². The lowest BCUT2D eigenvalue weighted by Crippen LogP contribution is -2.24. The third-order valence-corrected chi connectivity index (χ3v) is 2.77. The Labute approximate surface area is 67.2 Å². The Morgan fingerprint density at radius 3 is 2.45 bits per heavy atom. The van der Waals surface area contributed by atoms with Gasteiger partial charge >= 0.3 is 0 Å². The second kappa shape index (κ2) is 2.83. The van der Waals surface area contributed by atoms with Crippen LogP contribution in [0.2, 0.25) is 0 Å². The van der Waals surface area contributed by atoms with Gasteiger partial charge < -0.3 is 4.74 Å². The van der Waals surface area contributed by atoms with Crippen molar-refractivity contribution >= 4 is 0 Å². The van der Waals surface area contributed by atoms with Crippen LogP contribution in [0.1, 0.15) is 32.1 Å². The van der Waals surface area contributed by atoms with Crippen LogP contribution in [0.15, 0.2) is 0 Å². The molecule has 2 heteroatoms. The van der Waals surface area contributed by atoms with Crippen molar-refractivity contribution in [1.82, 2.24) is 0 Å². The predicted octanol–water partition coefficient (Wildman–Crippen LogP) is 1.86. The first kappa shape index (κ1) is 7.12. The largest absolute Gasteiger partial charge is 0.375 e. The van der Waals surface area contributed by atoms with Crippen molar-refractivity contribution < 1.29 is 4.74 Å². The topological polar surface area (TPSA) is 33.0 Å². The molecule has 2 atom stereocenters. The van der Waals surface area contributed by atoms with Gasteiger partial charge in [-0.1, -0.05) is 0 Å². The fourth-order valence-electron chi connectivity index (χ4n) is 2.26. The molecule has 2 unspecified atom stereocenters. The van der Waals surface area contributed by atoms with E-state index in [1.807, 2.05) is 0 Å². The molecule has 2 aliphatic rings. The summed E-state index contributed by atoms with van der Waals surface area (Å²) >= 11 is 0. The van der Waals surface area contributed by atoms with Gasteiger partial charge in [-0.2, -0.15) is 5.26 Å². The van der Waals surface area contributed by atoms with Crippen LogP contribution in [0.25, 0.3) is 0 Å². The maximum Gasteiger partial charge on any atom is 0.0624 e. The van der Waals surface area contributed by atoms with Gasteiger partial charge in [0.15, 0.2) is 0 Å². The molecule has 0 saturated carbocycles. The summed E-state index contributed by atoms with van der Waals surface area (Å²) in [6.07, 6.45) is 6.43. The number of fused-ring (bicyclic) bond motifs is 2. The summed E-state index contributed by atoms with van der Waals surface area (Å²) in [7, 11) is 0. The summed E-state index contributed by atoms with van der Waals surface area (Å²) in [6, 6.07) is 2.25. The van der Waals surface area contributed by atoms with Crippen molar-refractivity contribution in [1.29, 1.82) is 5.26 Å². The number of hydrogen-bond donors (Lipinski definition) is 0. The van der Waals surface area contributed by atoms with Crippen molar-refractivity contribution in [2.45, 2.75) is 44.3 Å². The van der Waals surface area contributed by atoms with Crippen LogP contribution in [0, 0.1) is 17.2 Å². The first-order valence-electron chi connectivity index (χ1n) is 4.41. The zero-order valence-corrected chi connectivity index (χ0v) is 6.62. The molecule has 0 aromatic heterocycles. The molecule has 2 nitrogen and oxygen atoms in total. The molecule has 2 aliphatic heterocycles. The third-order valence-electron chi connectivity index (χ3n) is 2.77. The number of nitrogens with zero attached hydrogens (tertiary/aromatic N) is 1. The first-order valence-corrected chi connectivity index (χ1v) is 4.41. The average molecular weight is 151 g/mol. The second-order valence-electron chi connectivity index (χ2n) is 3.66. The van der Waals surface area contributed by atoms with E-state index in [0.717, 1.165) is 19.3 Å². The summed E-state index contributed by atoms with van der Waals surface area (Å²) in [6.45, 7) is 0. The highest BCUT2D eigenvalue weighted by atomic mass is 16.5. The lowest BCUT2D eigenvalue weighted by Gasteiger charge is -2.26. The molecule has 2 rings (SSSR count). The average Bonchev–Trinajstić information content (AvgIpc) is 2.32. The number of rotatable bonds is 1. The molecule has 60 valence electrons. The van der Waals surface area contributed by atoms with Crippen LogP contribution in [0.4, 0.5) is 0 Å². The maximum absolute atomic E-state index is 8.52. The monoisotopic (exact) mass is 151 g/mol. The van der Waals surface area contributed by atoms with E-state index in [2.05, 4.69) is 6.07 Å². The normalized spacial score (nSPS) is 41.9. The molecule has 0 amide bonds. The van der Waals surface area contributed by atoms with E-state index in [-0.39, 0.29) is 0 Å². The molecule has 0 aliphatic carbocycles. The minimum atomic E-state index is 0.493. The van der Waals surface area contributed by atoms with Gasteiger partial charge in [0.05, 0.1) is 18.3 Å². The predicted molar refractivity (Wildman–Crippen MR) is 40.8 cm³/mol. The number of ether oxygens (including phenoxy) is 1. The fraction of sp³-hybridized carbons (Fsp3) is 0.889. The Kier molecular flexibility index (Phi) is 1.83. The smallest absolute Gasteiger partial charge is 0.0624 e. The lowest BCUT2D eigenvalue weighted by molar-refractivity contribution is -0.0181. The summed E-state index contributed by atoms with van der Waals surface area (Å²) in [5.74, 6) is 0.631. The highest BCUT2D eigenvalue weighted by Crippen LogP contribution is 2.36. The Balaban J connectivity index is 1.93. The standard InChI is InChI=1S/C9H13NO/c10-4-3-7-5-8-1-2-9(6-7)11-8/h7-9H,1-3,5-6H2. The molecular formula is C9H13NO. The quantitative estimate of drug-likeness (QED) is 0.573. The van der Waals surface area contributed by atoms with Crippen LogP contribution < -0.4 is 0 Å². The van der Waals surface area contributed by atoms with Crippen LogP contribution in [-0.2, 0) is 4.74 Å². The highest BCUT2D eigenvalue weighted by Gasteiger charge is 2.34. The molecule has 11 heavy (non-hydrogen) atoms. The Morgan fingerprint density at radius 2 is 1.91 bits per heavy atom. The van der Waals surface area contributed by atoms with Crippen LogP contribution in [-0.4, -0.2) is 12.2 Å². The van der Waals surface area contributed by atoms with Gasteiger partial charge in [0.2, 0.25) is 0 Å². The van der Waals surface area contributed by atoms with Crippen molar-refractivity contribution in [3.63, 3.8) is 0 Å². The zero-order valence-electron chi connectivity index (χ0n) is 6.62. The lowest BCUT2D eigenvalue weighted by atomic mass is 9.93. The number of nitriles is 1. The molecule has 0 N–H and O–H groups in total. The second-order valence-corrected chi connectivity index (χ2v) is 3.66. The van der Waals surface area contributed by atoms with E-state index in [9.17, 15) is 0 Å². The molecule has 0 spiro atoms. The molecule has 2 bridgehead atoms. The Bertz CT molecular complexity index is 172. The van der Waals surface area contributed by atoms with Crippen molar-refractivity contribution in [3.05, 3.63) is 0 Å². The van der Waals surface area contributed by atoms with Crippen LogP contribution >= 0.6 is 0 Å². The third kappa shape index (κ3) is 1.39. The molecule has 2 heterocycles. The van der Waals surface area contributed by atoms with Gasteiger partial charge in [0, 0.05) is 6.42 Å². The minimum Gasteiger partial charge on any atom is -0.375 e. The molecular weight excluding hydrogens is 138 g/mol. The van der Waals surface area contributed by atoms with E-state index in [4.69, 9.17) is 10.00 Å². The maximum atomic E-state index is 8.52. The van der Waals surface area contributed by atoms with E-state index in [0.29, 0.717) is 18.1 Å². The van der Waals surface area contributed by atoms with Gasteiger partial charge in [-0.25, -0.2) is 0 Å². The Hall–Kier alpha value is -0.550. The molecule has 0 aromatic carbocycles. The van der Waals surface area contributed by atoms with Gasteiger partial charge in [-0.3, -0.25) is 0 Å². The minimum absolute atomic E-state index is 0.493. The van der Waals surface area contributed by atoms with Gasteiger partial charge in [-0.05, 0) is 31.6 Å². The zero-order chi connectivity index (χ0) is 7.68. The fourth-order valence-corrected chi connectivity index (χ4v) is 2.26. The van der Waals surface area contributed by atoms with Crippen molar-refractivity contribution in [2.24, 2.45) is 5.92 Å². The first-order chi connectivity index (χ1) is 5.38. The summed E-state index contributed by atoms with van der Waals surface area (Å²) in [4.78, 5) is 0. The SMILES string of the molecule is N#CCC1CC2CCC(C1)O2. The number of hydrogen-bond acceptors (Lipinski definition) is 2. The molecule has 2 saturated heterocycles. The Morgan fingerprint density at radius 1 is 1.27 bits per heavy atom. The van der Waals surface area contributed by atoms with E-state index < -0.39 is 0 Å². The molecule has 0 aromatic rings. The van der Waals surface area contributed by atoms with Gasteiger partial charge in [0.25, 0.3) is 0 Å². The van der Waals surface area contributed by atoms with Crippen molar-refractivity contribution in [2.75, 3.05) is 0 Å². The van der Waals surface area contributed by atoms with Crippen LogP contribution in [0.3, 0.4) is 0 Å². The summed E-state index contributed by atoms with van der Waals surface area (Å²) in [5, 5.41) is 8.52. The molecule has 0 radical (unpaired) electrons. The summed E-state index contributed by atoms with van der Waals surface area (Å²) < 4.78 is 5.66. The van der Waals surface area contributed by atoms with Crippen LogP contribution in [0.5, 0.6) is 0 Å². The van der Waals surface area contributed by atoms with Crippen molar-refractivity contribution in [3.8, 4) is 6.07 Å². The molecule has 2 fully saturated rings. The highest BCUT2D eigenvalue weighted by molar-refractivity contribution is 4.88. The van der Waals surface area contributed by atoms with E-state index >= 15 is 0 Å². The van der Waals surface area contributed by atoms with E-state index in [1.54, 1.807) is 0 Å². The van der Waals surface area contributed by atoms with Gasteiger partial charge in [0.1, 0.15) is 0 Å². The summed E-state index contributed by atoms with van der Waals surface area (Å²) in [5.41, 5.74) is 0. The van der Waals surface area contributed by atoms with E-state index in [1.165, 1.54) is 12.8 Å².